The monoisotopic (exact) mass is 427 g/mol. The second kappa shape index (κ2) is 7.12. The van der Waals surface area contributed by atoms with E-state index in [1.807, 2.05) is 42.5 Å². The van der Waals surface area contributed by atoms with Gasteiger partial charge in [-0.05, 0) is 43.0 Å². The fourth-order valence-electron chi connectivity index (χ4n) is 4.86. The van der Waals surface area contributed by atoms with E-state index in [1.54, 1.807) is 0 Å². The Balaban J connectivity index is 1.46. The van der Waals surface area contributed by atoms with E-state index in [0.29, 0.717) is 12.0 Å². The standard InChI is InChI=1S/C24H25N7O/c1-13(2)18-7-5-9-31(18)21-12-16(27-24(25)28-21)14-10-17-22-20(11-14)32-19-8-4-3-6-15(19)26-23(22)30-29-17/h3-4,6,8,10-13,18H,5,7,9H2,1-2H3,(H2,25,27,28)(H2,26,29,30). The van der Waals surface area contributed by atoms with Crippen LogP contribution in [0.5, 0.6) is 11.5 Å². The minimum atomic E-state index is 0.274. The predicted molar refractivity (Wildman–Crippen MR) is 127 cm³/mol. The lowest BCUT2D eigenvalue weighted by Crippen LogP contribution is -2.34. The van der Waals surface area contributed by atoms with Gasteiger partial charge in [0.2, 0.25) is 5.95 Å². The Labute approximate surface area is 185 Å². The van der Waals surface area contributed by atoms with Crippen molar-refractivity contribution in [3.8, 4) is 22.8 Å². The number of anilines is 4. The smallest absolute Gasteiger partial charge is 0.222 e. The SMILES string of the molecule is CC(C)C1CCCN1c1cc(-c2cc3c4c(n[nH]c4c2)Nc2ccccc2O3)nc(N)n1. The molecule has 2 aliphatic rings. The summed E-state index contributed by atoms with van der Waals surface area (Å²) >= 11 is 0. The van der Waals surface area contributed by atoms with Crippen LogP contribution in [0.3, 0.4) is 0 Å². The van der Waals surface area contributed by atoms with E-state index >= 15 is 0 Å². The van der Waals surface area contributed by atoms with Crippen LogP contribution in [0, 0.1) is 5.92 Å². The van der Waals surface area contributed by atoms with Crippen molar-refractivity contribution in [2.24, 2.45) is 5.92 Å². The molecule has 162 valence electrons. The van der Waals surface area contributed by atoms with E-state index in [0.717, 1.165) is 63.9 Å². The molecule has 4 N–H and O–H groups in total. The summed E-state index contributed by atoms with van der Waals surface area (Å²) in [5.74, 6) is 3.92. The minimum absolute atomic E-state index is 0.274. The number of para-hydroxylation sites is 2. The quantitative estimate of drug-likeness (QED) is 0.369. The maximum Gasteiger partial charge on any atom is 0.222 e. The Morgan fingerprint density at radius 3 is 2.88 bits per heavy atom. The van der Waals surface area contributed by atoms with Crippen molar-refractivity contribution in [2.75, 3.05) is 22.5 Å². The highest BCUT2D eigenvalue weighted by atomic mass is 16.5. The number of aromatic amines is 1. The topological polar surface area (TPSA) is 105 Å². The van der Waals surface area contributed by atoms with Crippen LogP contribution in [-0.4, -0.2) is 32.8 Å². The number of aromatic nitrogens is 4. The van der Waals surface area contributed by atoms with Crippen LogP contribution in [0.1, 0.15) is 26.7 Å². The number of nitrogens with two attached hydrogens (primary N) is 1. The average molecular weight is 428 g/mol. The first-order chi connectivity index (χ1) is 15.6. The Morgan fingerprint density at radius 2 is 2.00 bits per heavy atom. The normalized spacial score (nSPS) is 17.2. The van der Waals surface area contributed by atoms with Gasteiger partial charge in [0.1, 0.15) is 11.6 Å². The number of nitrogen functional groups attached to an aromatic ring is 1. The number of fused-ring (bicyclic) bond motifs is 1. The van der Waals surface area contributed by atoms with Gasteiger partial charge in [-0.3, -0.25) is 5.10 Å². The van der Waals surface area contributed by atoms with Gasteiger partial charge >= 0.3 is 0 Å². The first-order valence-electron chi connectivity index (χ1n) is 11.0. The Bertz CT molecular complexity index is 1330. The highest BCUT2D eigenvalue weighted by molar-refractivity contribution is 6.00. The van der Waals surface area contributed by atoms with E-state index in [1.165, 1.54) is 6.42 Å². The number of hydrogen-bond acceptors (Lipinski definition) is 7. The Morgan fingerprint density at radius 1 is 1.12 bits per heavy atom. The maximum absolute atomic E-state index is 6.30. The fraction of sp³-hybridized carbons (Fsp3) is 0.292. The van der Waals surface area contributed by atoms with Gasteiger partial charge in [0, 0.05) is 24.2 Å². The molecule has 32 heavy (non-hydrogen) atoms. The highest BCUT2D eigenvalue weighted by Crippen LogP contribution is 2.44. The lowest BCUT2D eigenvalue weighted by molar-refractivity contribution is 0.489. The van der Waals surface area contributed by atoms with E-state index in [4.69, 9.17) is 10.5 Å². The number of nitrogens with zero attached hydrogens (tertiary/aromatic N) is 4. The van der Waals surface area contributed by atoms with Gasteiger partial charge in [0.25, 0.3) is 0 Å². The summed E-state index contributed by atoms with van der Waals surface area (Å²) in [7, 11) is 0. The zero-order valence-electron chi connectivity index (χ0n) is 18.1. The van der Waals surface area contributed by atoms with E-state index in [2.05, 4.69) is 44.2 Å². The first kappa shape index (κ1) is 18.9. The summed E-state index contributed by atoms with van der Waals surface area (Å²) in [6.45, 7) is 5.50. The molecule has 2 aliphatic heterocycles. The molecule has 4 aromatic rings. The lowest BCUT2D eigenvalue weighted by Gasteiger charge is -2.29. The van der Waals surface area contributed by atoms with Crippen molar-refractivity contribution in [3.05, 3.63) is 42.5 Å². The van der Waals surface area contributed by atoms with Crippen LogP contribution in [0.4, 0.5) is 23.3 Å². The molecule has 4 heterocycles. The molecule has 0 aliphatic carbocycles. The number of benzene rings is 2. The van der Waals surface area contributed by atoms with E-state index < -0.39 is 0 Å². The summed E-state index contributed by atoms with van der Waals surface area (Å²) in [6, 6.07) is 14.4. The van der Waals surface area contributed by atoms with Crippen LogP contribution in [-0.2, 0) is 0 Å². The molecule has 1 saturated heterocycles. The van der Waals surface area contributed by atoms with Crippen LogP contribution in [0.25, 0.3) is 22.2 Å². The van der Waals surface area contributed by atoms with Gasteiger partial charge < -0.3 is 20.7 Å². The van der Waals surface area contributed by atoms with Gasteiger partial charge in [-0.25, -0.2) is 4.98 Å². The zero-order valence-corrected chi connectivity index (χ0v) is 18.1. The molecule has 0 bridgehead atoms. The molecule has 0 amide bonds. The molecule has 1 atom stereocenters. The molecular formula is C24H25N7O. The van der Waals surface area contributed by atoms with Gasteiger partial charge in [-0.2, -0.15) is 10.1 Å². The van der Waals surface area contributed by atoms with Crippen molar-refractivity contribution >= 4 is 34.2 Å². The third-order valence-electron chi connectivity index (χ3n) is 6.38. The molecule has 0 spiro atoms. The van der Waals surface area contributed by atoms with Crippen LogP contribution in [0.15, 0.2) is 42.5 Å². The van der Waals surface area contributed by atoms with Crippen LogP contribution < -0.4 is 20.7 Å². The van der Waals surface area contributed by atoms with E-state index in [9.17, 15) is 0 Å². The summed E-state index contributed by atoms with van der Waals surface area (Å²) in [5.41, 5.74) is 9.58. The van der Waals surface area contributed by atoms with Gasteiger partial charge in [0.05, 0.1) is 22.3 Å². The summed E-state index contributed by atoms with van der Waals surface area (Å²) in [4.78, 5) is 11.5. The number of hydrogen-bond donors (Lipinski definition) is 3. The summed E-state index contributed by atoms with van der Waals surface area (Å²) < 4.78 is 6.30. The molecule has 6 rings (SSSR count). The fourth-order valence-corrected chi connectivity index (χ4v) is 4.86. The predicted octanol–water partition coefficient (Wildman–Crippen LogP) is 5.08. The molecule has 8 nitrogen and oxygen atoms in total. The second-order valence-electron chi connectivity index (χ2n) is 8.81. The average Bonchev–Trinajstić information content (AvgIpc) is 3.39. The Hall–Kier alpha value is -3.81. The second-order valence-corrected chi connectivity index (χ2v) is 8.81. The minimum Gasteiger partial charge on any atom is -0.454 e. The number of rotatable bonds is 3. The van der Waals surface area contributed by atoms with E-state index in [-0.39, 0.29) is 5.95 Å². The molecule has 0 saturated carbocycles. The third kappa shape index (κ3) is 3.02. The molecular weight excluding hydrogens is 402 g/mol. The summed E-state index contributed by atoms with van der Waals surface area (Å²) in [6.07, 6.45) is 2.33. The van der Waals surface area contributed by atoms with Crippen molar-refractivity contribution in [3.63, 3.8) is 0 Å². The molecule has 2 aromatic carbocycles. The number of H-pyrrole nitrogens is 1. The molecule has 1 unspecified atom stereocenters. The first-order valence-corrected chi connectivity index (χ1v) is 11.0. The van der Waals surface area contributed by atoms with Crippen molar-refractivity contribution < 1.29 is 4.74 Å². The molecule has 0 radical (unpaired) electrons. The van der Waals surface area contributed by atoms with Crippen molar-refractivity contribution in [2.45, 2.75) is 32.7 Å². The summed E-state index contributed by atoms with van der Waals surface area (Å²) in [5, 5.41) is 11.8. The number of ether oxygens (including phenoxy) is 1. The molecule has 1 fully saturated rings. The Kier molecular flexibility index (Phi) is 4.21. The van der Waals surface area contributed by atoms with Crippen LogP contribution >= 0.6 is 0 Å². The van der Waals surface area contributed by atoms with Crippen LogP contribution in [0.2, 0.25) is 0 Å². The van der Waals surface area contributed by atoms with Gasteiger partial charge in [0.15, 0.2) is 11.6 Å². The third-order valence-corrected chi connectivity index (χ3v) is 6.38. The zero-order chi connectivity index (χ0) is 21.8. The lowest BCUT2D eigenvalue weighted by atomic mass is 10.0. The molecule has 8 heteroatoms. The maximum atomic E-state index is 6.30. The van der Waals surface area contributed by atoms with Crippen molar-refractivity contribution in [1.29, 1.82) is 0 Å². The highest BCUT2D eigenvalue weighted by Gasteiger charge is 2.29. The largest absolute Gasteiger partial charge is 0.454 e. The number of nitrogens with one attached hydrogen (secondary N) is 2. The van der Waals surface area contributed by atoms with Gasteiger partial charge in [-0.15, -0.1) is 0 Å². The van der Waals surface area contributed by atoms with Crippen molar-refractivity contribution in [1.82, 2.24) is 20.2 Å². The molecule has 2 aromatic heterocycles. The van der Waals surface area contributed by atoms with Gasteiger partial charge in [-0.1, -0.05) is 26.0 Å².